The normalized spacial score (nSPS) is 10.5. The smallest absolute Gasteiger partial charge is 0.255 e. The van der Waals surface area contributed by atoms with Crippen LogP contribution in [-0.4, -0.2) is 22.4 Å². The average molecular weight is 423 g/mol. The van der Waals surface area contributed by atoms with Gasteiger partial charge in [0, 0.05) is 36.6 Å². The lowest BCUT2D eigenvalue weighted by atomic mass is 9.98. The molecule has 1 amide bonds. The summed E-state index contributed by atoms with van der Waals surface area (Å²) in [4.78, 5) is 20.0. The molecule has 0 radical (unpaired) electrons. The lowest BCUT2D eigenvalue weighted by Gasteiger charge is -2.25. The summed E-state index contributed by atoms with van der Waals surface area (Å²) in [5.74, 6) is 0.773. The second kappa shape index (κ2) is 10.4. The standard InChI is InChI=1S/C28H26N2O2/c1-2-32-27-17-9-6-14-24(27)21-30(20-22-11-10-18-29-19-22)28(31)26-16-8-7-15-25(26)23-12-4-3-5-13-23/h3-19H,2,20-21H2,1H3. The summed E-state index contributed by atoms with van der Waals surface area (Å²) < 4.78 is 5.82. The van der Waals surface area contributed by atoms with Crippen LogP contribution in [0.5, 0.6) is 5.75 Å². The molecule has 0 spiro atoms. The van der Waals surface area contributed by atoms with Crippen LogP contribution in [0.3, 0.4) is 0 Å². The fourth-order valence-electron chi connectivity index (χ4n) is 3.76. The summed E-state index contributed by atoms with van der Waals surface area (Å²) in [6, 6.07) is 29.6. The van der Waals surface area contributed by atoms with Gasteiger partial charge in [-0.25, -0.2) is 0 Å². The highest BCUT2D eigenvalue weighted by Gasteiger charge is 2.21. The van der Waals surface area contributed by atoms with Gasteiger partial charge in [-0.2, -0.15) is 0 Å². The Morgan fingerprint density at radius 3 is 2.38 bits per heavy atom. The third-order valence-electron chi connectivity index (χ3n) is 5.26. The van der Waals surface area contributed by atoms with Gasteiger partial charge in [0.25, 0.3) is 5.91 Å². The molecule has 4 rings (SSSR count). The van der Waals surface area contributed by atoms with Crippen molar-refractivity contribution in [3.05, 3.63) is 120 Å². The van der Waals surface area contributed by atoms with Crippen LogP contribution in [0.1, 0.15) is 28.4 Å². The number of benzene rings is 3. The number of nitrogens with zero attached hydrogens (tertiary/aromatic N) is 2. The van der Waals surface area contributed by atoms with Crippen molar-refractivity contribution >= 4 is 5.91 Å². The van der Waals surface area contributed by atoms with E-state index in [1.165, 1.54) is 0 Å². The number of carbonyl (C=O) groups is 1. The van der Waals surface area contributed by atoms with E-state index in [1.54, 1.807) is 12.4 Å². The number of rotatable bonds is 8. The van der Waals surface area contributed by atoms with Crippen LogP contribution in [0.2, 0.25) is 0 Å². The first-order valence-corrected chi connectivity index (χ1v) is 10.8. The molecule has 0 saturated heterocycles. The Morgan fingerprint density at radius 1 is 0.844 bits per heavy atom. The van der Waals surface area contributed by atoms with Crippen LogP contribution in [0.15, 0.2) is 103 Å². The number of para-hydroxylation sites is 1. The summed E-state index contributed by atoms with van der Waals surface area (Å²) in [6.45, 7) is 3.43. The molecule has 4 aromatic rings. The Labute approximate surface area is 189 Å². The molecule has 4 heteroatoms. The van der Waals surface area contributed by atoms with Crippen molar-refractivity contribution in [2.75, 3.05) is 6.61 Å². The minimum atomic E-state index is -0.0281. The Kier molecular flexibility index (Phi) is 6.93. The molecule has 0 aliphatic rings. The van der Waals surface area contributed by atoms with Gasteiger partial charge in [-0.3, -0.25) is 9.78 Å². The Balaban J connectivity index is 1.72. The number of amides is 1. The predicted molar refractivity (Wildman–Crippen MR) is 127 cm³/mol. The number of pyridine rings is 1. The molecule has 160 valence electrons. The third kappa shape index (κ3) is 5.03. The second-order valence-electron chi connectivity index (χ2n) is 7.47. The number of carbonyl (C=O) groups excluding carboxylic acids is 1. The van der Waals surface area contributed by atoms with E-state index >= 15 is 0 Å². The lowest BCUT2D eigenvalue weighted by molar-refractivity contribution is 0.0729. The van der Waals surface area contributed by atoms with Gasteiger partial charge in [0.2, 0.25) is 0 Å². The minimum Gasteiger partial charge on any atom is -0.494 e. The van der Waals surface area contributed by atoms with E-state index in [4.69, 9.17) is 4.74 Å². The molecule has 0 bridgehead atoms. The Morgan fingerprint density at radius 2 is 1.59 bits per heavy atom. The zero-order valence-corrected chi connectivity index (χ0v) is 18.1. The van der Waals surface area contributed by atoms with E-state index in [2.05, 4.69) is 4.98 Å². The van der Waals surface area contributed by atoms with Crippen LogP contribution in [0.4, 0.5) is 0 Å². The lowest BCUT2D eigenvalue weighted by Crippen LogP contribution is -2.30. The molecule has 0 unspecified atom stereocenters. The molecule has 0 saturated carbocycles. The first-order valence-electron chi connectivity index (χ1n) is 10.8. The van der Waals surface area contributed by atoms with Gasteiger partial charge >= 0.3 is 0 Å². The summed E-state index contributed by atoms with van der Waals surface area (Å²) in [5.41, 5.74) is 4.58. The number of aromatic nitrogens is 1. The molecule has 1 aromatic heterocycles. The summed E-state index contributed by atoms with van der Waals surface area (Å²) in [7, 11) is 0. The third-order valence-corrected chi connectivity index (χ3v) is 5.26. The van der Waals surface area contributed by atoms with Crippen molar-refractivity contribution in [1.29, 1.82) is 0 Å². The van der Waals surface area contributed by atoms with Gasteiger partial charge in [-0.1, -0.05) is 72.8 Å². The molecule has 0 fully saturated rings. The monoisotopic (exact) mass is 422 g/mol. The SMILES string of the molecule is CCOc1ccccc1CN(Cc1cccnc1)C(=O)c1ccccc1-c1ccccc1. The maximum absolute atomic E-state index is 13.9. The fourth-order valence-corrected chi connectivity index (χ4v) is 3.76. The first kappa shape index (κ1) is 21.3. The first-order chi connectivity index (χ1) is 15.8. The van der Waals surface area contributed by atoms with Gasteiger partial charge in [-0.05, 0) is 41.8 Å². The van der Waals surface area contributed by atoms with Gasteiger partial charge in [0.1, 0.15) is 5.75 Å². The molecule has 1 heterocycles. The van der Waals surface area contributed by atoms with Gasteiger partial charge in [0.15, 0.2) is 0 Å². The highest BCUT2D eigenvalue weighted by molar-refractivity contribution is 6.00. The molecular formula is C28H26N2O2. The average Bonchev–Trinajstić information content (AvgIpc) is 2.86. The minimum absolute atomic E-state index is 0.0281. The van der Waals surface area contributed by atoms with E-state index in [1.807, 2.05) is 103 Å². The van der Waals surface area contributed by atoms with Crippen LogP contribution < -0.4 is 4.74 Å². The van der Waals surface area contributed by atoms with Crippen molar-refractivity contribution in [2.24, 2.45) is 0 Å². The largest absolute Gasteiger partial charge is 0.494 e. The van der Waals surface area contributed by atoms with Gasteiger partial charge in [0.05, 0.1) is 6.61 Å². The molecule has 32 heavy (non-hydrogen) atoms. The molecule has 4 nitrogen and oxygen atoms in total. The zero-order chi connectivity index (χ0) is 22.2. The van der Waals surface area contributed by atoms with E-state index < -0.39 is 0 Å². The van der Waals surface area contributed by atoms with E-state index in [0.29, 0.717) is 25.3 Å². The molecule has 3 aromatic carbocycles. The molecule has 0 atom stereocenters. The summed E-state index contributed by atoms with van der Waals surface area (Å²) in [6.07, 6.45) is 3.54. The zero-order valence-electron chi connectivity index (χ0n) is 18.1. The maximum atomic E-state index is 13.9. The van der Waals surface area contributed by atoms with Crippen LogP contribution >= 0.6 is 0 Å². The highest BCUT2D eigenvalue weighted by Crippen LogP contribution is 2.27. The van der Waals surface area contributed by atoms with Crippen molar-refractivity contribution in [2.45, 2.75) is 20.0 Å². The van der Waals surface area contributed by atoms with Crippen LogP contribution in [0.25, 0.3) is 11.1 Å². The topological polar surface area (TPSA) is 42.4 Å². The van der Waals surface area contributed by atoms with Gasteiger partial charge < -0.3 is 9.64 Å². The Hall–Kier alpha value is -3.92. The Bertz CT molecular complexity index is 1160. The van der Waals surface area contributed by atoms with Crippen molar-refractivity contribution in [3.8, 4) is 16.9 Å². The number of hydrogen-bond acceptors (Lipinski definition) is 3. The number of ether oxygens (including phenoxy) is 1. The van der Waals surface area contributed by atoms with Gasteiger partial charge in [-0.15, -0.1) is 0 Å². The van der Waals surface area contributed by atoms with E-state index in [-0.39, 0.29) is 5.91 Å². The molecular weight excluding hydrogens is 396 g/mol. The quantitative estimate of drug-likeness (QED) is 0.350. The van der Waals surface area contributed by atoms with E-state index in [0.717, 1.165) is 28.0 Å². The molecule has 0 aliphatic heterocycles. The summed E-state index contributed by atoms with van der Waals surface area (Å²) in [5, 5.41) is 0. The van der Waals surface area contributed by atoms with Crippen molar-refractivity contribution < 1.29 is 9.53 Å². The van der Waals surface area contributed by atoms with Crippen molar-refractivity contribution in [1.82, 2.24) is 9.88 Å². The van der Waals surface area contributed by atoms with Crippen LogP contribution in [0, 0.1) is 0 Å². The van der Waals surface area contributed by atoms with Crippen LogP contribution in [-0.2, 0) is 13.1 Å². The molecule has 0 N–H and O–H groups in total. The molecule has 0 aliphatic carbocycles. The van der Waals surface area contributed by atoms with Crippen molar-refractivity contribution in [3.63, 3.8) is 0 Å². The maximum Gasteiger partial charge on any atom is 0.255 e. The fraction of sp³-hybridized carbons (Fsp3) is 0.143. The second-order valence-corrected chi connectivity index (χ2v) is 7.47. The number of hydrogen-bond donors (Lipinski definition) is 0. The van der Waals surface area contributed by atoms with E-state index in [9.17, 15) is 4.79 Å². The summed E-state index contributed by atoms with van der Waals surface area (Å²) >= 11 is 0. The highest BCUT2D eigenvalue weighted by atomic mass is 16.5. The predicted octanol–water partition coefficient (Wildman–Crippen LogP) is 5.99.